The fourth-order valence-corrected chi connectivity index (χ4v) is 2.07. The number of aliphatic hydroxyl groups excluding tert-OH is 1. The minimum atomic E-state index is -0.436. The first kappa shape index (κ1) is 11.1. The zero-order chi connectivity index (χ0) is 11.8. The highest BCUT2D eigenvalue weighted by Crippen LogP contribution is 2.38. The van der Waals surface area contributed by atoms with E-state index in [0.29, 0.717) is 18.4 Å². The van der Waals surface area contributed by atoms with Gasteiger partial charge in [0.05, 0.1) is 18.8 Å². The van der Waals surface area contributed by atoms with Crippen molar-refractivity contribution in [2.75, 3.05) is 7.11 Å². The first-order valence-electron chi connectivity index (χ1n) is 5.21. The van der Waals surface area contributed by atoms with Crippen LogP contribution in [-0.4, -0.2) is 24.3 Å². The molecular weight excluding hydrogens is 206 g/mol. The van der Waals surface area contributed by atoms with E-state index in [2.05, 4.69) is 4.74 Å². The van der Waals surface area contributed by atoms with Crippen molar-refractivity contribution >= 4 is 5.97 Å². The van der Waals surface area contributed by atoms with E-state index in [9.17, 15) is 9.90 Å². The average Bonchev–Trinajstić information content (AvgIpc) is 2.26. The van der Waals surface area contributed by atoms with Crippen molar-refractivity contribution in [3.63, 3.8) is 0 Å². The number of benzene rings is 1. The molecule has 1 aromatic carbocycles. The van der Waals surface area contributed by atoms with Gasteiger partial charge in [0, 0.05) is 5.54 Å². The smallest absolute Gasteiger partial charge is 0.337 e. The maximum Gasteiger partial charge on any atom is 0.337 e. The van der Waals surface area contributed by atoms with E-state index in [0.717, 1.165) is 5.56 Å². The Kier molecular flexibility index (Phi) is 2.69. The average molecular weight is 221 g/mol. The van der Waals surface area contributed by atoms with Crippen LogP contribution in [0, 0.1) is 0 Å². The number of carbonyl (C=O) groups is 1. The Balaban J connectivity index is 2.17. The highest BCUT2D eigenvalue weighted by atomic mass is 16.5. The number of hydrogen-bond donors (Lipinski definition) is 2. The minimum Gasteiger partial charge on any atom is -0.465 e. The summed E-state index contributed by atoms with van der Waals surface area (Å²) in [6.45, 7) is 0. The summed E-state index contributed by atoms with van der Waals surface area (Å²) in [5.74, 6) is -0.355. The van der Waals surface area contributed by atoms with E-state index in [-0.39, 0.29) is 12.1 Å². The molecule has 86 valence electrons. The molecule has 4 nitrogen and oxygen atoms in total. The van der Waals surface area contributed by atoms with Crippen molar-refractivity contribution in [3.05, 3.63) is 35.4 Å². The van der Waals surface area contributed by atoms with Crippen LogP contribution in [0.2, 0.25) is 0 Å². The first-order chi connectivity index (χ1) is 7.55. The van der Waals surface area contributed by atoms with Crippen molar-refractivity contribution in [1.29, 1.82) is 0 Å². The van der Waals surface area contributed by atoms with Crippen molar-refractivity contribution in [2.45, 2.75) is 24.5 Å². The number of carbonyl (C=O) groups excluding carboxylic acids is 1. The molecule has 0 bridgehead atoms. The number of methoxy groups -OCH3 is 1. The Morgan fingerprint density at radius 1 is 1.44 bits per heavy atom. The van der Waals surface area contributed by atoms with E-state index >= 15 is 0 Å². The molecule has 1 fully saturated rings. The second-order valence-electron chi connectivity index (χ2n) is 4.29. The number of ether oxygens (including phenoxy) is 1. The number of esters is 1. The van der Waals surface area contributed by atoms with Crippen LogP contribution in [0.5, 0.6) is 0 Å². The van der Waals surface area contributed by atoms with E-state index in [1.807, 2.05) is 12.1 Å². The van der Waals surface area contributed by atoms with Gasteiger partial charge >= 0.3 is 5.97 Å². The standard InChI is InChI=1S/C12H15NO3/c1-16-11(15)8-2-4-9(5-3-8)12(13)6-10(14)7-12/h2-5,10,14H,6-7,13H2,1H3. The van der Waals surface area contributed by atoms with Crippen molar-refractivity contribution in [2.24, 2.45) is 5.73 Å². The van der Waals surface area contributed by atoms with E-state index < -0.39 is 5.54 Å². The second-order valence-corrected chi connectivity index (χ2v) is 4.29. The Hall–Kier alpha value is -1.39. The van der Waals surface area contributed by atoms with Gasteiger partial charge in [-0.25, -0.2) is 4.79 Å². The molecular formula is C12H15NO3. The van der Waals surface area contributed by atoms with Crippen molar-refractivity contribution < 1.29 is 14.6 Å². The zero-order valence-corrected chi connectivity index (χ0v) is 9.14. The van der Waals surface area contributed by atoms with Gasteiger partial charge < -0.3 is 15.6 Å². The highest BCUT2D eigenvalue weighted by molar-refractivity contribution is 5.89. The molecule has 0 saturated heterocycles. The molecule has 0 aromatic heterocycles. The third kappa shape index (κ3) is 1.81. The normalized spacial score (nSPS) is 28.3. The number of hydrogen-bond acceptors (Lipinski definition) is 4. The number of nitrogens with two attached hydrogens (primary N) is 1. The van der Waals surface area contributed by atoms with Gasteiger partial charge in [0.25, 0.3) is 0 Å². The van der Waals surface area contributed by atoms with Gasteiger partial charge in [0.1, 0.15) is 0 Å². The molecule has 4 heteroatoms. The molecule has 2 rings (SSSR count). The topological polar surface area (TPSA) is 72.5 Å². The largest absolute Gasteiger partial charge is 0.465 e. The predicted octanol–water partition coefficient (Wildman–Crippen LogP) is 0.782. The summed E-state index contributed by atoms with van der Waals surface area (Å²) in [6, 6.07) is 7.03. The van der Waals surface area contributed by atoms with Crippen LogP contribution in [0.25, 0.3) is 0 Å². The van der Waals surface area contributed by atoms with Crippen LogP contribution in [0.4, 0.5) is 0 Å². The fourth-order valence-electron chi connectivity index (χ4n) is 2.07. The van der Waals surface area contributed by atoms with E-state index in [1.54, 1.807) is 12.1 Å². The monoisotopic (exact) mass is 221 g/mol. The Labute approximate surface area is 94.0 Å². The first-order valence-corrected chi connectivity index (χ1v) is 5.21. The van der Waals surface area contributed by atoms with Crippen LogP contribution in [-0.2, 0) is 10.3 Å². The molecule has 16 heavy (non-hydrogen) atoms. The molecule has 0 spiro atoms. The molecule has 0 amide bonds. The minimum absolute atomic E-state index is 0.301. The van der Waals surface area contributed by atoms with Crippen LogP contribution in [0.15, 0.2) is 24.3 Å². The zero-order valence-electron chi connectivity index (χ0n) is 9.14. The number of rotatable bonds is 2. The summed E-state index contributed by atoms with van der Waals surface area (Å²) in [4.78, 5) is 11.2. The molecule has 0 atom stereocenters. The van der Waals surface area contributed by atoms with Crippen LogP contribution >= 0.6 is 0 Å². The van der Waals surface area contributed by atoms with Gasteiger partial charge in [-0.2, -0.15) is 0 Å². The number of aliphatic hydroxyl groups is 1. The summed E-state index contributed by atoms with van der Waals surface area (Å²) in [7, 11) is 1.35. The van der Waals surface area contributed by atoms with E-state index in [4.69, 9.17) is 5.73 Å². The third-order valence-electron chi connectivity index (χ3n) is 3.08. The molecule has 1 aliphatic rings. The molecule has 0 heterocycles. The fraction of sp³-hybridized carbons (Fsp3) is 0.417. The molecule has 0 unspecified atom stereocenters. The van der Waals surface area contributed by atoms with Gasteiger partial charge in [-0.05, 0) is 30.5 Å². The predicted molar refractivity (Wildman–Crippen MR) is 58.9 cm³/mol. The summed E-state index contributed by atoms with van der Waals surface area (Å²) in [5.41, 5.74) is 7.12. The lowest BCUT2D eigenvalue weighted by Crippen LogP contribution is -2.51. The quantitative estimate of drug-likeness (QED) is 0.724. The van der Waals surface area contributed by atoms with Crippen molar-refractivity contribution in [3.8, 4) is 0 Å². The van der Waals surface area contributed by atoms with Gasteiger partial charge in [-0.1, -0.05) is 12.1 Å². The van der Waals surface area contributed by atoms with Crippen LogP contribution in [0.3, 0.4) is 0 Å². The highest BCUT2D eigenvalue weighted by Gasteiger charge is 2.41. The lowest BCUT2D eigenvalue weighted by Gasteiger charge is -2.42. The van der Waals surface area contributed by atoms with Gasteiger partial charge in [0.15, 0.2) is 0 Å². The van der Waals surface area contributed by atoms with Crippen LogP contribution < -0.4 is 5.73 Å². The maximum absolute atomic E-state index is 11.2. The molecule has 0 aliphatic heterocycles. The summed E-state index contributed by atoms with van der Waals surface area (Å²) >= 11 is 0. The summed E-state index contributed by atoms with van der Waals surface area (Å²) in [5, 5.41) is 9.27. The second kappa shape index (κ2) is 3.88. The SMILES string of the molecule is COC(=O)c1ccc(C2(N)CC(O)C2)cc1. The molecule has 1 aliphatic carbocycles. The van der Waals surface area contributed by atoms with Gasteiger partial charge in [-0.3, -0.25) is 0 Å². The Morgan fingerprint density at radius 3 is 2.44 bits per heavy atom. The van der Waals surface area contributed by atoms with Crippen LogP contribution in [0.1, 0.15) is 28.8 Å². The lowest BCUT2D eigenvalue weighted by atomic mass is 9.70. The molecule has 3 N–H and O–H groups in total. The Bertz CT molecular complexity index is 393. The lowest BCUT2D eigenvalue weighted by molar-refractivity contribution is 0.0209. The molecule has 1 saturated carbocycles. The third-order valence-corrected chi connectivity index (χ3v) is 3.08. The van der Waals surface area contributed by atoms with Crippen molar-refractivity contribution in [1.82, 2.24) is 0 Å². The van der Waals surface area contributed by atoms with E-state index in [1.165, 1.54) is 7.11 Å². The maximum atomic E-state index is 11.2. The Morgan fingerprint density at radius 2 is 2.00 bits per heavy atom. The van der Waals surface area contributed by atoms with Gasteiger partial charge in [0.2, 0.25) is 0 Å². The molecule has 1 aromatic rings. The summed E-state index contributed by atoms with van der Waals surface area (Å²) in [6.07, 6.45) is 0.847. The molecule has 0 radical (unpaired) electrons. The summed E-state index contributed by atoms with van der Waals surface area (Å²) < 4.78 is 4.61. The van der Waals surface area contributed by atoms with Gasteiger partial charge in [-0.15, -0.1) is 0 Å².